The van der Waals surface area contributed by atoms with Crippen molar-refractivity contribution in [2.45, 2.75) is 45.1 Å². The molecule has 1 aliphatic rings. The fourth-order valence-corrected chi connectivity index (χ4v) is 4.18. The lowest BCUT2D eigenvalue weighted by molar-refractivity contribution is -0.123. The molecular formula is C19H20ClNO3S. The number of anilines is 1. The number of thiophene rings is 1. The third-order valence-electron chi connectivity index (χ3n) is 4.19. The number of benzene rings is 1. The topological polar surface area (TPSA) is 55.4 Å². The highest BCUT2D eigenvalue weighted by atomic mass is 35.5. The van der Waals surface area contributed by atoms with Crippen molar-refractivity contribution >= 4 is 40.5 Å². The van der Waals surface area contributed by atoms with E-state index < -0.39 is 12.1 Å². The first kappa shape index (κ1) is 18.0. The molecule has 132 valence electrons. The molecule has 0 aliphatic heterocycles. The van der Waals surface area contributed by atoms with Crippen LogP contribution >= 0.6 is 22.9 Å². The van der Waals surface area contributed by atoms with Crippen molar-refractivity contribution in [1.29, 1.82) is 0 Å². The first-order valence-corrected chi connectivity index (χ1v) is 9.61. The molecule has 0 saturated carbocycles. The van der Waals surface area contributed by atoms with Gasteiger partial charge in [0.2, 0.25) is 0 Å². The number of carbonyl (C=O) groups is 2. The summed E-state index contributed by atoms with van der Waals surface area (Å²) in [7, 11) is 0. The van der Waals surface area contributed by atoms with E-state index in [0.29, 0.717) is 15.6 Å². The summed E-state index contributed by atoms with van der Waals surface area (Å²) in [6, 6.07) is 8.77. The molecule has 0 bridgehead atoms. The van der Waals surface area contributed by atoms with Crippen LogP contribution in [0.1, 0.15) is 46.3 Å². The Bertz CT molecular complexity index is 763. The fraction of sp³-hybridized carbons (Fsp3) is 0.368. The predicted molar refractivity (Wildman–Crippen MR) is 101 cm³/mol. The van der Waals surface area contributed by atoms with Crippen LogP contribution in [0.15, 0.2) is 30.3 Å². The Hall–Kier alpha value is -1.85. The van der Waals surface area contributed by atoms with Gasteiger partial charge in [-0.15, -0.1) is 11.3 Å². The zero-order chi connectivity index (χ0) is 17.8. The lowest BCUT2D eigenvalue weighted by atomic mass is 10.1. The summed E-state index contributed by atoms with van der Waals surface area (Å²) >= 11 is 7.39. The summed E-state index contributed by atoms with van der Waals surface area (Å²) in [4.78, 5) is 26.4. The van der Waals surface area contributed by atoms with Crippen molar-refractivity contribution in [2.75, 3.05) is 5.32 Å². The molecule has 1 N–H and O–H groups in total. The Morgan fingerprint density at radius 1 is 1.20 bits per heavy atom. The Balaban J connectivity index is 1.61. The number of ether oxygens (including phenoxy) is 1. The van der Waals surface area contributed by atoms with Gasteiger partial charge in [0.25, 0.3) is 5.91 Å². The number of halogens is 1. The number of carbonyl (C=O) groups excluding carboxylic acids is 2. The lowest BCUT2D eigenvalue weighted by Gasteiger charge is -2.13. The molecule has 1 aromatic heterocycles. The number of amides is 1. The second-order valence-electron chi connectivity index (χ2n) is 6.17. The van der Waals surface area contributed by atoms with E-state index in [-0.39, 0.29) is 5.91 Å². The van der Waals surface area contributed by atoms with Crippen molar-refractivity contribution in [3.63, 3.8) is 0 Å². The van der Waals surface area contributed by atoms with Crippen LogP contribution in [0.25, 0.3) is 0 Å². The molecule has 1 aliphatic carbocycles. The van der Waals surface area contributed by atoms with Gasteiger partial charge in [-0.25, -0.2) is 4.79 Å². The highest BCUT2D eigenvalue weighted by Crippen LogP contribution is 2.29. The van der Waals surface area contributed by atoms with E-state index in [1.807, 2.05) is 6.07 Å². The summed E-state index contributed by atoms with van der Waals surface area (Å²) in [5.74, 6) is -0.819. The normalized spacial score (nSPS) is 15.0. The number of aryl methyl sites for hydroxylation is 2. The zero-order valence-corrected chi connectivity index (χ0v) is 15.6. The molecule has 1 amide bonds. The van der Waals surface area contributed by atoms with E-state index in [0.717, 1.165) is 19.3 Å². The largest absolute Gasteiger partial charge is 0.448 e. The van der Waals surface area contributed by atoms with Crippen molar-refractivity contribution in [3.8, 4) is 0 Å². The van der Waals surface area contributed by atoms with Gasteiger partial charge in [-0.1, -0.05) is 24.1 Å². The first-order chi connectivity index (χ1) is 12.0. The molecule has 25 heavy (non-hydrogen) atoms. The minimum atomic E-state index is -0.881. The van der Waals surface area contributed by atoms with Crippen molar-refractivity contribution in [1.82, 2.24) is 0 Å². The van der Waals surface area contributed by atoms with Gasteiger partial charge in [0, 0.05) is 15.6 Å². The number of fused-ring (bicyclic) bond motifs is 1. The molecule has 3 rings (SSSR count). The standard InChI is InChI=1S/C19H20ClNO3S/c1-12(18(22)21-15-8-5-7-14(20)11-15)24-19(23)17-10-13-6-3-2-4-9-16(13)25-17/h5,7-8,10-12H,2-4,6,9H2,1H3,(H,21,22)/t12-/m1/s1. The van der Waals surface area contributed by atoms with Gasteiger partial charge < -0.3 is 10.1 Å². The lowest BCUT2D eigenvalue weighted by Crippen LogP contribution is -2.29. The van der Waals surface area contributed by atoms with Crippen LogP contribution < -0.4 is 5.32 Å². The highest BCUT2D eigenvalue weighted by molar-refractivity contribution is 7.14. The number of rotatable bonds is 4. The SMILES string of the molecule is C[C@@H](OC(=O)c1cc2c(s1)CCCCC2)C(=O)Nc1cccc(Cl)c1. The van der Waals surface area contributed by atoms with Gasteiger partial charge in [0.05, 0.1) is 0 Å². The zero-order valence-electron chi connectivity index (χ0n) is 14.0. The second-order valence-corrected chi connectivity index (χ2v) is 7.74. The van der Waals surface area contributed by atoms with Gasteiger partial charge in [-0.2, -0.15) is 0 Å². The molecule has 0 unspecified atom stereocenters. The average molecular weight is 378 g/mol. The van der Waals surface area contributed by atoms with E-state index in [2.05, 4.69) is 5.32 Å². The third kappa shape index (κ3) is 4.61. The van der Waals surface area contributed by atoms with Crippen LogP contribution in [-0.4, -0.2) is 18.0 Å². The van der Waals surface area contributed by atoms with Gasteiger partial charge in [0.1, 0.15) is 4.88 Å². The minimum absolute atomic E-state index is 0.381. The van der Waals surface area contributed by atoms with Crippen molar-refractivity contribution in [2.24, 2.45) is 0 Å². The maximum atomic E-state index is 12.4. The summed E-state index contributed by atoms with van der Waals surface area (Å²) in [6.45, 7) is 1.57. The fourth-order valence-electron chi connectivity index (χ4n) is 2.85. The molecule has 4 nitrogen and oxygen atoms in total. The molecule has 6 heteroatoms. The van der Waals surface area contributed by atoms with Crippen LogP contribution in [0.3, 0.4) is 0 Å². The first-order valence-electron chi connectivity index (χ1n) is 8.42. The molecule has 1 aromatic carbocycles. The van der Waals surface area contributed by atoms with Gasteiger partial charge in [0.15, 0.2) is 6.10 Å². The van der Waals surface area contributed by atoms with Crippen LogP contribution in [0.5, 0.6) is 0 Å². The smallest absolute Gasteiger partial charge is 0.349 e. The average Bonchev–Trinajstić information content (AvgIpc) is 2.86. The maximum absolute atomic E-state index is 12.4. The molecule has 0 spiro atoms. The van der Waals surface area contributed by atoms with Crippen LogP contribution in [0.4, 0.5) is 5.69 Å². The Morgan fingerprint density at radius 3 is 2.80 bits per heavy atom. The minimum Gasteiger partial charge on any atom is -0.448 e. The molecule has 1 heterocycles. The van der Waals surface area contributed by atoms with Gasteiger partial charge >= 0.3 is 5.97 Å². The van der Waals surface area contributed by atoms with E-state index in [9.17, 15) is 9.59 Å². The number of nitrogens with one attached hydrogen (secondary N) is 1. The molecule has 1 atom stereocenters. The van der Waals surface area contributed by atoms with Crippen LogP contribution in [0, 0.1) is 0 Å². The summed E-state index contributed by atoms with van der Waals surface area (Å²) < 4.78 is 5.34. The molecule has 2 aromatic rings. The molecular weight excluding hydrogens is 358 g/mol. The number of hydrogen-bond acceptors (Lipinski definition) is 4. The van der Waals surface area contributed by atoms with Crippen molar-refractivity contribution < 1.29 is 14.3 Å². The Morgan fingerprint density at radius 2 is 2.00 bits per heavy atom. The third-order valence-corrected chi connectivity index (χ3v) is 5.65. The predicted octanol–water partition coefficient (Wildman–Crippen LogP) is 4.85. The summed E-state index contributed by atoms with van der Waals surface area (Å²) in [5, 5.41) is 3.23. The van der Waals surface area contributed by atoms with Gasteiger partial charge in [-0.3, -0.25) is 4.79 Å². The van der Waals surface area contributed by atoms with E-state index in [4.69, 9.17) is 16.3 Å². The highest BCUT2D eigenvalue weighted by Gasteiger charge is 2.22. The van der Waals surface area contributed by atoms with Gasteiger partial charge in [-0.05, 0) is 62.4 Å². The monoisotopic (exact) mass is 377 g/mol. The Labute approximate surface area is 156 Å². The molecule has 0 radical (unpaired) electrons. The van der Waals surface area contributed by atoms with E-state index in [1.165, 1.54) is 34.6 Å². The molecule has 0 fully saturated rings. The van der Waals surface area contributed by atoms with E-state index in [1.54, 1.807) is 31.2 Å². The summed E-state index contributed by atoms with van der Waals surface area (Å²) in [5.41, 5.74) is 1.83. The quantitative estimate of drug-likeness (QED) is 0.611. The Kier molecular flexibility index (Phi) is 5.76. The summed E-state index contributed by atoms with van der Waals surface area (Å²) in [6.07, 6.45) is 4.73. The number of esters is 1. The second kappa shape index (κ2) is 8.02. The number of hydrogen-bond donors (Lipinski definition) is 1. The molecule has 0 saturated heterocycles. The van der Waals surface area contributed by atoms with Crippen LogP contribution in [0.2, 0.25) is 5.02 Å². The van der Waals surface area contributed by atoms with E-state index >= 15 is 0 Å². The van der Waals surface area contributed by atoms with Crippen LogP contribution in [-0.2, 0) is 22.4 Å². The van der Waals surface area contributed by atoms with Crippen molar-refractivity contribution in [3.05, 3.63) is 50.7 Å². The maximum Gasteiger partial charge on any atom is 0.349 e.